The van der Waals surface area contributed by atoms with E-state index in [1.54, 1.807) is 6.92 Å². The molecule has 1 rings (SSSR count). The molecule has 0 aliphatic carbocycles. The summed E-state index contributed by atoms with van der Waals surface area (Å²) in [7, 11) is -3.49. The summed E-state index contributed by atoms with van der Waals surface area (Å²) in [6.07, 6.45) is 0. The van der Waals surface area contributed by atoms with E-state index in [4.69, 9.17) is 5.14 Å². The molecule has 0 bridgehead atoms. The lowest BCUT2D eigenvalue weighted by molar-refractivity contribution is 0.392. The maximum Gasteiger partial charge on any atom is 0.214 e. The molecule has 1 heterocycles. The zero-order valence-electron chi connectivity index (χ0n) is 6.35. The van der Waals surface area contributed by atoms with Gasteiger partial charge in [-0.05, 0) is 6.92 Å². The third kappa shape index (κ3) is 3.70. The third-order valence-corrected chi connectivity index (χ3v) is 1.72. The van der Waals surface area contributed by atoms with Crippen LogP contribution in [0, 0.1) is 6.92 Å². The SMILES string of the molecule is Cc1cc(CS(N)(=O)=O)no1.Cl. The van der Waals surface area contributed by atoms with Gasteiger partial charge < -0.3 is 4.52 Å². The van der Waals surface area contributed by atoms with Crippen LogP contribution in [-0.2, 0) is 15.8 Å². The second kappa shape index (κ2) is 3.88. The number of rotatable bonds is 2. The van der Waals surface area contributed by atoms with Crippen molar-refractivity contribution in [1.82, 2.24) is 5.16 Å². The van der Waals surface area contributed by atoms with E-state index in [0.29, 0.717) is 11.5 Å². The Labute approximate surface area is 76.4 Å². The molecule has 5 nitrogen and oxygen atoms in total. The molecular weight excluding hydrogens is 204 g/mol. The number of aromatic nitrogens is 1. The van der Waals surface area contributed by atoms with Gasteiger partial charge in [-0.2, -0.15) is 0 Å². The van der Waals surface area contributed by atoms with Crippen LogP contribution in [0.5, 0.6) is 0 Å². The summed E-state index contributed by atoms with van der Waals surface area (Å²) in [6, 6.07) is 1.53. The van der Waals surface area contributed by atoms with Crippen molar-refractivity contribution in [3.63, 3.8) is 0 Å². The summed E-state index contributed by atoms with van der Waals surface area (Å²) >= 11 is 0. The van der Waals surface area contributed by atoms with Crippen LogP contribution in [0.1, 0.15) is 11.5 Å². The Bertz CT molecular complexity index is 345. The third-order valence-electron chi connectivity index (χ3n) is 1.03. The van der Waals surface area contributed by atoms with Gasteiger partial charge in [0.25, 0.3) is 0 Å². The molecule has 0 aromatic carbocycles. The van der Waals surface area contributed by atoms with Crippen LogP contribution in [0.2, 0.25) is 0 Å². The first-order valence-electron chi connectivity index (χ1n) is 2.90. The van der Waals surface area contributed by atoms with Crippen LogP contribution >= 0.6 is 12.4 Å². The highest BCUT2D eigenvalue weighted by atomic mass is 35.5. The van der Waals surface area contributed by atoms with Gasteiger partial charge in [0, 0.05) is 6.07 Å². The smallest absolute Gasteiger partial charge is 0.214 e. The highest BCUT2D eigenvalue weighted by Crippen LogP contribution is 2.03. The number of nitrogens with two attached hydrogens (primary N) is 1. The molecule has 70 valence electrons. The normalized spacial score (nSPS) is 10.8. The molecule has 0 spiro atoms. The van der Waals surface area contributed by atoms with Crippen molar-refractivity contribution in [1.29, 1.82) is 0 Å². The molecule has 12 heavy (non-hydrogen) atoms. The van der Waals surface area contributed by atoms with Crippen LogP contribution in [0.3, 0.4) is 0 Å². The molecule has 1 aromatic heterocycles. The Morgan fingerprint density at radius 3 is 2.58 bits per heavy atom. The van der Waals surface area contributed by atoms with E-state index in [-0.39, 0.29) is 18.2 Å². The lowest BCUT2D eigenvalue weighted by Gasteiger charge is -1.88. The van der Waals surface area contributed by atoms with Crippen molar-refractivity contribution in [2.45, 2.75) is 12.7 Å². The Hall–Kier alpha value is -0.590. The number of hydrogen-bond acceptors (Lipinski definition) is 4. The average molecular weight is 213 g/mol. The predicted octanol–water partition coefficient (Wildman–Crippen LogP) is 0.193. The highest BCUT2D eigenvalue weighted by molar-refractivity contribution is 7.88. The Kier molecular flexibility index (Phi) is 3.69. The molecule has 0 atom stereocenters. The van der Waals surface area contributed by atoms with Gasteiger partial charge in [-0.3, -0.25) is 0 Å². The second-order valence-electron chi connectivity index (χ2n) is 2.24. The number of sulfonamides is 1. The van der Waals surface area contributed by atoms with Gasteiger partial charge in [-0.15, -0.1) is 12.4 Å². The minimum atomic E-state index is -3.49. The predicted molar refractivity (Wildman–Crippen MR) is 45.3 cm³/mol. The average Bonchev–Trinajstić information content (AvgIpc) is 2.10. The van der Waals surface area contributed by atoms with Crippen molar-refractivity contribution in [2.75, 3.05) is 0 Å². The molecular formula is C5H9ClN2O3S. The number of hydrogen-bond donors (Lipinski definition) is 1. The van der Waals surface area contributed by atoms with E-state index in [9.17, 15) is 8.42 Å². The van der Waals surface area contributed by atoms with Gasteiger partial charge in [-0.1, -0.05) is 5.16 Å². The van der Waals surface area contributed by atoms with Gasteiger partial charge >= 0.3 is 0 Å². The summed E-state index contributed by atoms with van der Waals surface area (Å²) in [6.45, 7) is 1.68. The van der Waals surface area contributed by atoms with E-state index >= 15 is 0 Å². The first-order chi connectivity index (χ1) is 4.97. The monoisotopic (exact) mass is 212 g/mol. The fraction of sp³-hybridized carbons (Fsp3) is 0.400. The van der Waals surface area contributed by atoms with Crippen molar-refractivity contribution >= 4 is 22.4 Å². The van der Waals surface area contributed by atoms with Crippen molar-refractivity contribution < 1.29 is 12.9 Å². The largest absolute Gasteiger partial charge is 0.361 e. The Morgan fingerprint density at radius 2 is 2.25 bits per heavy atom. The molecule has 7 heteroatoms. The molecule has 0 aliphatic heterocycles. The summed E-state index contributed by atoms with van der Waals surface area (Å²) < 4.78 is 25.7. The van der Waals surface area contributed by atoms with E-state index in [2.05, 4.69) is 9.68 Å². The number of primary sulfonamides is 1. The van der Waals surface area contributed by atoms with Gasteiger partial charge in [-0.25, -0.2) is 13.6 Å². The summed E-state index contributed by atoms with van der Waals surface area (Å²) in [5, 5.41) is 8.23. The van der Waals surface area contributed by atoms with Crippen LogP contribution in [0.15, 0.2) is 10.6 Å². The molecule has 0 amide bonds. The minimum Gasteiger partial charge on any atom is -0.361 e. The molecule has 0 aliphatic rings. The molecule has 0 saturated heterocycles. The second-order valence-corrected chi connectivity index (χ2v) is 3.85. The molecule has 0 fully saturated rings. The van der Waals surface area contributed by atoms with Crippen LogP contribution < -0.4 is 5.14 Å². The standard InChI is InChI=1S/C5H8N2O3S.ClH/c1-4-2-5(7-10-4)3-11(6,8)9;/h2H,3H2,1H3,(H2,6,8,9);1H. The van der Waals surface area contributed by atoms with Gasteiger partial charge in [0.2, 0.25) is 10.0 Å². The first-order valence-corrected chi connectivity index (χ1v) is 4.61. The summed E-state index contributed by atoms with van der Waals surface area (Å²) in [4.78, 5) is 0. The van der Waals surface area contributed by atoms with E-state index in [0.717, 1.165) is 0 Å². The van der Waals surface area contributed by atoms with Crippen molar-refractivity contribution in [2.24, 2.45) is 5.14 Å². The molecule has 0 unspecified atom stereocenters. The lowest BCUT2D eigenvalue weighted by atomic mass is 10.4. The first kappa shape index (κ1) is 11.4. The summed E-state index contributed by atoms with van der Waals surface area (Å²) in [5.74, 6) is 0.299. The van der Waals surface area contributed by atoms with Gasteiger partial charge in [0.1, 0.15) is 17.2 Å². The van der Waals surface area contributed by atoms with Gasteiger partial charge in [0.05, 0.1) is 0 Å². The topological polar surface area (TPSA) is 86.2 Å². The number of aryl methyl sites for hydroxylation is 1. The molecule has 0 radical (unpaired) electrons. The van der Waals surface area contributed by atoms with E-state index in [1.165, 1.54) is 6.07 Å². The van der Waals surface area contributed by atoms with Crippen LogP contribution in [0.4, 0.5) is 0 Å². The zero-order chi connectivity index (χ0) is 8.48. The quantitative estimate of drug-likeness (QED) is 0.759. The highest BCUT2D eigenvalue weighted by Gasteiger charge is 2.08. The summed E-state index contributed by atoms with van der Waals surface area (Å²) in [5.41, 5.74) is 0.338. The molecule has 0 saturated carbocycles. The van der Waals surface area contributed by atoms with Crippen LogP contribution in [0.25, 0.3) is 0 Å². The van der Waals surface area contributed by atoms with Crippen molar-refractivity contribution in [3.05, 3.63) is 17.5 Å². The Balaban J connectivity index is 0.00000121. The van der Waals surface area contributed by atoms with E-state index in [1.807, 2.05) is 0 Å². The molecule has 1 aromatic rings. The van der Waals surface area contributed by atoms with Crippen molar-refractivity contribution in [3.8, 4) is 0 Å². The Morgan fingerprint density at radius 1 is 1.67 bits per heavy atom. The zero-order valence-corrected chi connectivity index (χ0v) is 7.98. The number of halogens is 1. The maximum absolute atomic E-state index is 10.5. The number of nitrogens with zero attached hydrogens (tertiary/aromatic N) is 1. The maximum atomic E-state index is 10.5. The fourth-order valence-electron chi connectivity index (χ4n) is 0.692. The lowest BCUT2D eigenvalue weighted by Crippen LogP contribution is -2.14. The fourth-order valence-corrected chi connectivity index (χ4v) is 1.24. The minimum absolute atomic E-state index is 0. The van der Waals surface area contributed by atoms with Gasteiger partial charge in [0.15, 0.2) is 0 Å². The van der Waals surface area contributed by atoms with E-state index < -0.39 is 10.0 Å². The van der Waals surface area contributed by atoms with Crippen LogP contribution in [-0.4, -0.2) is 13.6 Å². The molecule has 2 N–H and O–H groups in total.